The van der Waals surface area contributed by atoms with Crippen molar-refractivity contribution in [3.05, 3.63) is 21.9 Å². The van der Waals surface area contributed by atoms with Crippen molar-refractivity contribution < 1.29 is 0 Å². The molecule has 0 radical (unpaired) electrons. The van der Waals surface area contributed by atoms with Gasteiger partial charge in [-0.1, -0.05) is 6.92 Å². The molecule has 0 bridgehead atoms. The summed E-state index contributed by atoms with van der Waals surface area (Å²) in [5.74, 6) is 1.76. The molecule has 2 N–H and O–H groups in total. The highest BCUT2D eigenvalue weighted by Gasteiger charge is 2.33. The maximum Gasteiger partial charge on any atom is 0.191 e. The summed E-state index contributed by atoms with van der Waals surface area (Å²) < 4.78 is 0. The van der Waals surface area contributed by atoms with Crippen LogP contribution in [0.2, 0.25) is 0 Å². The van der Waals surface area contributed by atoms with E-state index in [1.807, 2.05) is 11.3 Å². The van der Waals surface area contributed by atoms with Crippen LogP contribution in [0.4, 0.5) is 0 Å². The fourth-order valence-electron chi connectivity index (χ4n) is 2.17. The molecule has 1 aromatic heterocycles. The van der Waals surface area contributed by atoms with E-state index >= 15 is 0 Å². The summed E-state index contributed by atoms with van der Waals surface area (Å²) in [5, 5.41) is 7.02. The Labute approximate surface area is 143 Å². The van der Waals surface area contributed by atoms with Gasteiger partial charge >= 0.3 is 0 Å². The molecule has 20 heavy (non-hydrogen) atoms. The van der Waals surface area contributed by atoms with Crippen LogP contribution in [0.3, 0.4) is 0 Å². The predicted molar refractivity (Wildman–Crippen MR) is 99.5 cm³/mol. The molecule has 0 amide bonds. The highest BCUT2D eigenvalue weighted by molar-refractivity contribution is 14.0. The number of guanidine groups is 1. The van der Waals surface area contributed by atoms with Crippen LogP contribution < -0.4 is 10.6 Å². The number of hydrogen-bond acceptors (Lipinski definition) is 2. The SMILES string of the molecule is CCN=C(NC(C)Cc1ccc(C)s1)NC1CC1C.I. The van der Waals surface area contributed by atoms with Gasteiger partial charge in [0.1, 0.15) is 0 Å². The van der Waals surface area contributed by atoms with Gasteiger partial charge in [0.25, 0.3) is 0 Å². The van der Waals surface area contributed by atoms with E-state index in [4.69, 9.17) is 0 Å². The van der Waals surface area contributed by atoms with Crippen LogP contribution >= 0.6 is 35.3 Å². The first-order valence-electron chi connectivity index (χ1n) is 7.21. The van der Waals surface area contributed by atoms with Crippen LogP contribution in [0.1, 0.15) is 36.9 Å². The first kappa shape index (κ1) is 17.8. The lowest BCUT2D eigenvalue weighted by Gasteiger charge is -2.17. The van der Waals surface area contributed by atoms with Gasteiger partial charge in [-0.25, -0.2) is 0 Å². The monoisotopic (exact) mass is 407 g/mol. The van der Waals surface area contributed by atoms with Crippen LogP contribution in [0.5, 0.6) is 0 Å². The van der Waals surface area contributed by atoms with Crippen LogP contribution in [-0.4, -0.2) is 24.6 Å². The summed E-state index contributed by atoms with van der Waals surface area (Å²) in [5.41, 5.74) is 0. The highest BCUT2D eigenvalue weighted by atomic mass is 127. The molecule has 3 unspecified atom stereocenters. The molecule has 0 saturated heterocycles. The molecule has 1 aromatic rings. The molecule has 3 atom stereocenters. The van der Waals surface area contributed by atoms with Gasteiger partial charge in [-0.05, 0) is 45.2 Å². The third kappa shape index (κ3) is 5.60. The summed E-state index contributed by atoms with van der Waals surface area (Å²) >= 11 is 1.88. The van der Waals surface area contributed by atoms with E-state index in [1.165, 1.54) is 16.2 Å². The standard InChI is InChI=1S/C15H25N3S.HI/c1-5-16-15(18-14-8-10(14)2)17-11(3)9-13-7-6-12(4)19-13;/h6-7,10-11,14H,5,8-9H2,1-4H3,(H2,16,17,18);1H. The van der Waals surface area contributed by atoms with Crippen LogP contribution in [-0.2, 0) is 6.42 Å². The average molecular weight is 407 g/mol. The molecular formula is C15H26IN3S. The molecule has 1 fully saturated rings. The maximum atomic E-state index is 4.52. The number of halogens is 1. The minimum absolute atomic E-state index is 0. The van der Waals surface area contributed by atoms with Crippen molar-refractivity contribution in [2.45, 2.75) is 52.6 Å². The zero-order chi connectivity index (χ0) is 13.8. The van der Waals surface area contributed by atoms with Gasteiger partial charge in [0.2, 0.25) is 0 Å². The lowest BCUT2D eigenvalue weighted by molar-refractivity contribution is 0.638. The quantitative estimate of drug-likeness (QED) is 0.445. The second kappa shape index (κ2) is 8.22. The third-order valence-electron chi connectivity index (χ3n) is 3.43. The summed E-state index contributed by atoms with van der Waals surface area (Å²) in [7, 11) is 0. The second-order valence-corrected chi connectivity index (χ2v) is 6.92. The second-order valence-electron chi connectivity index (χ2n) is 5.55. The summed E-state index contributed by atoms with van der Waals surface area (Å²) in [6.45, 7) is 9.55. The Balaban J connectivity index is 0.00000200. The van der Waals surface area contributed by atoms with Crippen molar-refractivity contribution in [3.63, 3.8) is 0 Å². The van der Waals surface area contributed by atoms with E-state index in [2.05, 4.69) is 55.5 Å². The Bertz CT molecular complexity index is 444. The van der Waals surface area contributed by atoms with Gasteiger partial charge in [-0.2, -0.15) is 0 Å². The zero-order valence-electron chi connectivity index (χ0n) is 12.8. The summed E-state index contributed by atoms with van der Waals surface area (Å²) in [4.78, 5) is 7.35. The molecule has 2 rings (SSSR count). The molecule has 5 heteroatoms. The van der Waals surface area contributed by atoms with Crippen LogP contribution in [0.25, 0.3) is 0 Å². The lowest BCUT2D eigenvalue weighted by Crippen LogP contribution is -2.44. The van der Waals surface area contributed by atoms with Crippen molar-refractivity contribution >= 4 is 41.3 Å². The average Bonchev–Trinajstić information content (AvgIpc) is 2.85. The van der Waals surface area contributed by atoms with Crippen molar-refractivity contribution in [3.8, 4) is 0 Å². The minimum atomic E-state index is 0. The number of hydrogen-bond donors (Lipinski definition) is 2. The van der Waals surface area contributed by atoms with Crippen molar-refractivity contribution in [1.82, 2.24) is 10.6 Å². The van der Waals surface area contributed by atoms with Crippen molar-refractivity contribution in [2.24, 2.45) is 10.9 Å². The number of aryl methyl sites for hydroxylation is 1. The van der Waals surface area contributed by atoms with E-state index < -0.39 is 0 Å². The molecule has 1 heterocycles. The fraction of sp³-hybridized carbons (Fsp3) is 0.667. The smallest absolute Gasteiger partial charge is 0.191 e. The molecule has 114 valence electrons. The molecule has 1 saturated carbocycles. The lowest BCUT2D eigenvalue weighted by atomic mass is 10.2. The molecule has 3 nitrogen and oxygen atoms in total. The van der Waals surface area contributed by atoms with Crippen LogP contribution in [0, 0.1) is 12.8 Å². The maximum absolute atomic E-state index is 4.52. The van der Waals surface area contributed by atoms with E-state index in [0.717, 1.165) is 24.8 Å². The van der Waals surface area contributed by atoms with Crippen LogP contribution in [0.15, 0.2) is 17.1 Å². The predicted octanol–water partition coefficient (Wildman–Crippen LogP) is 3.57. The summed E-state index contributed by atoms with van der Waals surface area (Å²) in [6, 6.07) is 5.45. The molecule has 0 aliphatic heterocycles. The number of aliphatic imine (C=N–C) groups is 1. The molecule has 1 aliphatic rings. The van der Waals surface area contributed by atoms with Gasteiger partial charge in [0, 0.05) is 34.8 Å². The Morgan fingerprint density at radius 2 is 2.20 bits per heavy atom. The van der Waals surface area contributed by atoms with Crippen molar-refractivity contribution in [2.75, 3.05) is 6.54 Å². The molecule has 1 aliphatic carbocycles. The van der Waals surface area contributed by atoms with Gasteiger partial charge in [-0.15, -0.1) is 35.3 Å². The first-order chi connectivity index (χ1) is 9.08. The molecular weight excluding hydrogens is 381 g/mol. The van der Waals surface area contributed by atoms with E-state index in [9.17, 15) is 0 Å². The number of thiophene rings is 1. The van der Waals surface area contributed by atoms with Gasteiger partial charge in [-0.3, -0.25) is 4.99 Å². The Morgan fingerprint density at radius 3 is 2.70 bits per heavy atom. The Hall–Kier alpha value is -0.300. The van der Waals surface area contributed by atoms with E-state index in [1.54, 1.807) is 0 Å². The third-order valence-corrected chi connectivity index (χ3v) is 4.46. The molecule has 0 aromatic carbocycles. The summed E-state index contributed by atoms with van der Waals surface area (Å²) in [6.07, 6.45) is 2.33. The van der Waals surface area contributed by atoms with Gasteiger partial charge in [0.05, 0.1) is 0 Å². The first-order valence-corrected chi connectivity index (χ1v) is 8.03. The number of nitrogens with one attached hydrogen (secondary N) is 2. The number of rotatable bonds is 5. The van der Waals surface area contributed by atoms with Gasteiger partial charge in [0.15, 0.2) is 5.96 Å². The minimum Gasteiger partial charge on any atom is -0.354 e. The normalized spacial score (nSPS) is 22.9. The Kier molecular flexibility index (Phi) is 7.29. The largest absolute Gasteiger partial charge is 0.354 e. The Morgan fingerprint density at radius 1 is 1.50 bits per heavy atom. The molecule has 0 spiro atoms. The van der Waals surface area contributed by atoms with E-state index in [-0.39, 0.29) is 24.0 Å². The van der Waals surface area contributed by atoms with Crippen molar-refractivity contribution in [1.29, 1.82) is 0 Å². The number of nitrogens with zero attached hydrogens (tertiary/aromatic N) is 1. The topological polar surface area (TPSA) is 36.4 Å². The zero-order valence-corrected chi connectivity index (χ0v) is 15.9. The highest BCUT2D eigenvalue weighted by Crippen LogP contribution is 2.28. The van der Waals surface area contributed by atoms with Gasteiger partial charge < -0.3 is 10.6 Å². The van der Waals surface area contributed by atoms with E-state index in [0.29, 0.717) is 12.1 Å². The fourth-order valence-corrected chi connectivity index (χ4v) is 3.19.